The van der Waals surface area contributed by atoms with E-state index in [0.29, 0.717) is 23.4 Å². The molecule has 0 aromatic carbocycles. The van der Waals surface area contributed by atoms with Crippen molar-refractivity contribution in [3.63, 3.8) is 0 Å². The Morgan fingerprint density at radius 3 is 2.90 bits per heavy atom. The molecule has 6 atom stereocenters. The van der Waals surface area contributed by atoms with Crippen LogP contribution in [0.2, 0.25) is 0 Å². The van der Waals surface area contributed by atoms with Crippen molar-refractivity contribution < 1.29 is 24.2 Å². The molecule has 0 radical (unpaired) electrons. The number of aliphatic hydroxyl groups excluding tert-OH is 2. The van der Waals surface area contributed by atoms with E-state index in [1.807, 2.05) is 0 Å². The zero-order valence-corrected chi connectivity index (χ0v) is 16.3. The van der Waals surface area contributed by atoms with Crippen LogP contribution in [0, 0.1) is 11.3 Å². The maximum absolute atomic E-state index is 12.4. The van der Waals surface area contributed by atoms with Gasteiger partial charge in [0.05, 0.1) is 25.1 Å². The fraction of sp³-hybridized carbons (Fsp3) is 0.500. The molecule has 2 fully saturated rings. The lowest BCUT2D eigenvalue weighted by atomic mass is 10.0. The van der Waals surface area contributed by atoms with Crippen molar-refractivity contribution in [1.82, 2.24) is 28.8 Å². The number of aliphatic hydroxyl groups is 2. The van der Waals surface area contributed by atoms with E-state index in [9.17, 15) is 19.7 Å². The van der Waals surface area contributed by atoms with Gasteiger partial charge in [0, 0.05) is 24.9 Å². The molecule has 0 bridgehead atoms. The molecule has 3 heterocycles. The van der Waals surface area contributed by atoms with Gasteiger partial charge in [0.25, 0.3) is 0 Å². The van der Waals surface area contributed by atoms with E-state index < -0.39 is 31.4 Å². The summed E-state index contributed by atoms with van der Waals surface area (Å²) in [5.41, 5.74) is 0.292. The Morgan fingerprint density at radius 1 is 1.34 bits per heavy atom. The smallest absolute Gasteiger partial charge is 0.390 e. The highest BCUT2D eigenvalue weighted by molar-refractivity contribution is 7.51. The van der Waals surface area contributed by atoms with Crippen molar-refractivity contribution in [2.75, 3.05) is 19.0 Å². The second-order valence-electron chi connectivity index (χ2n) is 7.47. The Morgan fingerprint density at radius 2 is 2.17 bits per heavy atom. The zero-order chi connectivity index (χ0) is 20.4. The summed E-state index contributed by atoms with van der Waals surface area (Å²) < 4.78 is 20.5. The third-order valence-electron chi connectivity index (χ3n) is 6.05. The van der Waals surface area contributed by atoms with Crippen molar-refractivity contribution >= 4 is 24.7 Å². The van der Waals surface area contributed by atoms with E-state index in [0.717, 1.165) is 4.34 Å². The van der Waals surface area contributed by atoms with E-state index in [1.54, 1.807) is 17.9 Å². The summed E-state index contributed by atoms with van der Waals surface area (Å²) in [6, 6.07) is -0.482. The molecule has 12 nitrogen and oxygen atoms in total. The standard InChI is InChI=1S/C16H20N7O5P/c1-17-14-10-15(20-6-19-14)23(8-21-10)11-9-4-16(9,13(25)12(11)24)5-28-29(26,27)22-3-2-18-7-22/h2-3,6-9,11-13,24-25H,4-5H2,1H3,(H,26,27)(H,17,19,20)/t9-,11-,12+,13+,16+/m1/s1. The molecule has 0 spiro atoms. The normalized spacial score (nSPS) is 32.8. The van der Waals surface area contributed by atoms with Crippen LogP contribution < -0.4 is 5.32 Å². The predicted molar refractivity (Wildman–Crippen MR) is 99.9 cm³/mol. The molecule has 5 rings (SSSR count). The van der Waals surface area contributed by atoms with Gasteiger partial charge >= 0.3 is 7.75 Å². The molecular formula is C16H20N7O5P. The van der Waals surface area contributed by atoms with Gasteiger partial charge in [-0.3, -0.25) is 4.52 Å². The molecule has 1 unspecified atom stereocenters. The Balaban J connectivity index is 1.42. The van der Waals surface area contributed by atoms with Crippen LogP contribution in [0.25, 0.3) is 11.2 Å². The van der Waals surface area contributed by atoms with E-state index in [-0.39, 0.29) is 12.5 Å². The molecule has 29 heavy (non-hydrogen) atoms. The largest absolute Gasteiger partial charge is 0.437 e. The highest BCUT2D eigenvalue weighted by Gasteiger charge is 2.72. The van der Waals surface area contributed by atoms with Crippen molar-refractivity contribution in [2.24, 2.45) is 11.3 Å². The Labute approximate surface area is 164 Å². The van der Waals surface area contributed by atoms with Gasteiger partial charge < -0.3 is 25.0 Å². The predicted octanol–water partition coefficient (Wildman–Crippen LogP) is 0.0126. The Hall–Kier alpha value is -2.37. The zero-order valence-electron chi connectivity index (χ0n) is 15.4. The number of aromatic nitrogens is 6. The number of fused-ring (bicyclic) bond motifs is 2. The monoisotopic (exact) mass is 421 g/mol. The first-order valence-corrected chi connectivity index (χ1v) is 10.6. The summed E-state index contributed by atoms with van der Waals surface area (Å²) in [5.74, 6) is 0.411. The summed E-state index contributed by atoms with van der Waals surface area (Å²) >= 11 is 0. The SMILES string of the molecule is CNc1ncnc2c1ncn2[C@H]1[C@H](O)[C@H](O)[C@]2(COP(=O)(O)n3ccnc3)C[C@H]12. The Bertz CT molecular complexity index is 1100. The first kappa shape index (κ1) is 18.6. The van der Waals surface area contributed by atoms with Gasteiger partial charge in [-0.1, -0.05) is 0 Å². The average Bonchev–Trinajstić information content (AvgIpc) is 3.08. The lowest BCUT2D eigenvalue weighted by Crippen LogP contribution is -2.36. The van der Waals surface area contributed by atoms with Crippen LogP contribution in [-0.4, -0.2) is 69.8 Å². The number of hydrogen-bond acceptors (Lipinski definition) is 9. The number of anilines is 1. The minimum Gasteiger partial charge on any atom is -0.390 e. The van der Waals surface area contributed by atoms with Gasteiger partial charge in [-0.15, -0.1) is 0 Å². The first-order chi connectivity index (χ1) is 13.9. The molecule has 0 saturated heterocycles. The summed E-state index contributed by atoms with van der Waals surface area (Å²) in [7, 11) is -2.40. The second kappa shape index (κ2) is 6.31. The number of hydrogen-bond donors (Lipinski definition) is 4. The van der Waals surface area contributed by atoms with Gasteiger partial charge in [0.2, 0.25) is 0 Å². The fourth-order valence-electron chi connectivity index (χ4n) is 4.45. The first-order valence-electron chi connectivity index (χ1n) is 9.06. The fourth-order valence-corrected chi connectivity index (χ4v) is 5.41. The molecule has 2 aliphatic carbocycles. The molecule has 0 amide bonds. The van der Waals surface area contributed by atoms with Crippen LogP contribution in [0.3, 0.4) is 0 Å². The molecule has 154 valence electrons. The van der Waals surface area contributed by atoms with E-state index >= 15 is 0 Å². The van der Waals surface area contributed by atoms with Crippen molar-refractivity contribution in [3.05, 3.63) is 31.4 Å². The Kier molecular flexibility index (Phi) is 4.06. The molecule has 2 saturated carbocycles. The summed E-state index contributed by atoms with van der Waals surface area (Å²) in [4.78, 5) is 26.6. The molecule has 0 aliphatic heterocycles. The third-order valence-corrected chi connectivity index (χ3v) is 7.34. The van der Waals surface area contributed by atoms with Crippen LogP contribution in [0.5, 0.6) is 0 Å². The molecule has 4 N–H and O–H groups in total. The molecular weight excluding hydrogens is 401 g/mol. The van der Waals surface area contributed by atoms with Gasteiger partial charge in [-0.2, -0.15) is 0 Å². The van der Waals surface area contributed by atoms with Gasteiger partial charge in [-0.05, 0) is 12.3 Å². The van der Waals surface area contributed by atoms with Crippen LogP contribution in [0.4, 0.5) is 5.82 Å². The lowest BCUT2D eigenvalue weighted by molar-refractivity contribution is -0.0284. The number of imidazole rings is 2. The van der Waals surface area contributed by atoms with E-state index in [2.05, 4.69) is 25.3 Å². The lowest BCUT2D eigenvalue weighted by Gasteiger charge is -2.24. The minimum absolute atomic E-state index is 0.152. The van der Waals surface area contributed by atoms with Crippen LogP contribution in [0.15, 0.2) is 31.4 Å². The summed E-state index contributed by atoms with van der Waals surface area (Å²) in [5, 5.41) is 24.4. The van der Waals surface area contributed by atoms with Crippen molar-refractivity contribution in [2.45, 2.75) is 24.7 Å². The van der Waals surface area contributed by atoms with E-state index in [1.165, 1.54) is 25.0 Å². The van der Waals surface area contributed by atoms with E-state index in [4.69, 9.17) is 4.52 Å². The van der Waals surface area contributed by atoms with Crippen molar-refractivity contribution in [1.29, 1.82) is 0 Å². The molecule has 3 aromatic heterocycles. The van der Waals surface area contributed by atoms with Crippen LogP contribution in [-0.2, 0) is 9.09 Å². The maximum Gasteiger partial charge on any atom is 0.437 e. The van der Waals surface area contributed by atoms with Gasteiger partial charge in [-0.25, -0.2) is 28.8 Å². The van der Waals surface area contributed by atoms with Crippen molar-refractivity contribution in [3.8, 4) is 0 Å². The third kappa shape index (κ3) is 2.64. The highest BCUT2D eigenvalue weighted by Crippen LogP contribution is 2.68. The number of rotatable bonds is 6. The summed E-state index contributed by atoms with van der Waals surface area (Å²) in [6.07, 6.45) is 5.23. The molecule has 2 aliphatic rings. The number of nitrogens with zero attached hydrogens (tertiary/aromatic N) is 6. The van der Waals surface area contributed by atoms with Gasteiger partial charge in [0.15, 0.2) is 11.5 Å². The quantitative estimate of drug-likeness (QED) is 0.399. The molecule has 3 aromatic rings. The highest BCUT2D eigenvalue weighted by atomic mass is 31.2. The topological polar surface area (TPSA) is 160 Å². The maximum atomic E-state index is 12.4. The second-order valence-corrected chi connectivity index (χ2v) is 9.17. The van der Waals surface area contributed by atoms with Crippen LogP contribution >= 0.6 is 7.75 Å². The minimum atomic E-state index is -4.13. The number of nitrogens with one attached hydrogen (secondary N) is 1. The average molecular weight is 421 g/mol. The summed E-state index contributed by atoms with van der Waals surface area (Å²) in [6.45, 7) is -0.165. The van der Waals surface area contributed by atoms with Crippen LogP contribution in [0.1, 0.15) is 12.5 Å². The molecule has 13 heteroatoms. The van der Waals surface area contributed by atoms with Gasteiger partial charge in [0.1, 0.15) is 24.3 Å².